The largest absolute Gasteiger partial charge is 0.462 e. The molecular formula is C86H158O5. The number of ether oxygens (including phenoxy) is 2. The van der Waals surface area contributed by atoms with Crippen LogP contribution in [0.1, 0.15) is 444 Å². The summed E-state index contributed by atoms with van der Waals surface area (Å²) >= 11 is 0. The molecule has 0 heterocycles. The van der Waals surface area contributed by atoms with Crippen LogP contribution in [0.25, 0.3) is 0 Å². The van der Waals surface area contributed by atoms with Crippen molar-refractivity contribution in [3.8, 4) is 0 Å². The van der Waals surface area contributed by atoms with Gasteiger partial charge in [0.05, 0.1) is 6.61 Å². The van der Waals surface area contributed by atoms with Crippen LogP contribution in [0.5, 0.6) is 0 Å². The van der Waals surface area contributed by atoms with Gasteiger partial charge in [-0.2, -0.15) is 0 Å². The molecule has 5 heteroatoms. The van der Waals surface area contributed by atoms with Crippen molar-refractivity contribution in [2.45, 2.75) is 450 Å². The highest BCUT2D eigenvalue weighted by Gasteiger charge is 2.16. The van der Waals surface area contributed by atoms with Gasteiger partial charge in [-0.05, 0) is 64.2 Å². The van der Waals surface area contributed by atoms with E-state index in [1.54, 1.807) is 0 Å². The molecule has 1 unspecified atom stereocenters. The molecule has 1 N–H and O–H groups in total. The Morgan fingerprint density at radius 2 is 0.473 bits per heavy atom. The van der Waals surface area contributed by atoms with Crippen LogP contribution in [0.3, 0.4) is 0 Å². The Hall–Kier alpha value is -2.66. The molecule has 91 heavy (non-hydrogen) atoms. The molecule has 0 aromatic heterocycles. The number of aliphatic hydroxyl groups excluding tert-OH is 1. The van der Waals surface area contributed by atoms with Crippen molar-refractivity contribution < 1.29 is 24.2 Å². The van der Waals surface area contributed by atoms with Gasteiger partial charge in [-0.15, -0.1) is 0 Å². The maximum atomic E-state index is 12.4. The highest BCUT2D eigenvalue weighted by atomic mass is 16.6. The Labute approximate surface area is 569 Å². The fourth-order valence-electron chi connectivity index (χ4n) is 12.7. The van der Waals surface area contributed by atoms with Crippen LogP contribution in [0.2, 0.25) is 0 Å². The van der Waals surface area contributed by atoms with Crippen LogP contribution in [-0.2, 0) is 19.1 Å². The number of esters is 2. The average molecular weight is 1270 g/mol. The summed E-state index contributed by atoms with van der Waals surface area (Å²) in [6, 6.07) is 0. The van der Waals surface area contributed by atoms with Crippen LogP contribution in [0.15, 0.2) is 72.9 Å². The van der Waals surface area contributed by atoms with Gasteiger partial charge in [0.15, 0.2) is 6.10 Å². The topological polar surface area (TPSA) is 72.8 Å². The lowest BCUT2D eigenvalue weighted by atomic mass is 10.0. The lowest BCUT2D eigenvalue weighted by Gasteiger charge is -2.15. The van der Waals surface area contributed by atoms with Crippen LogP contribution in [0.4, 0.5) is 0 Å². The van der Waals surface area contributed by atoms with Gasteiger partial charge in [-0.1, -0.05) is 440 Å². The van der Waals surface area contributed by atoms with Crippen LogP contribution < -0.4 is 0 Å². The molecule has 0 fully saturated rings. The third-order valence-corrected chi connectivity index (χ3v) is 18.8. The first-order valence-corrected chi connectivity index (χ1v) is 41.0. The van der Waals surface area contributed by atoms with E-state index in [1.807, 2.05) is 0 Å². The van der Waals surface area contributed by atoms with Crippen molar-refractivity contribution in [2.75, 3.05) is 13.2 Å². The van der Waals surface area contributed by atoms with Gasteiger partial charge in [0.2, 0.25) is 0 Å². The number of aliphatic hydroxyl groups is 1. The van der Waals surface area contributed by atoms with Crippen LogP contribution in [-0.4, -0.2) is 36.4 Å². The van der Waals surface area contributed by atoms with E-state index >= 15 is 0 Å². The smallest absolute Gasteiger partial charge is 0.306 e. The van der Waals surface area contributed by atoms with Crippen molar-refractivity contribution in [2.24, 2.45) is 0 Å². The van der Waals surface area contributed by atoms with E-state index in [2.05, 4.69) is 86.8 Å². The van der Waals surface area contributed by atoms with Gasteiger partial charge in [0, 0.05) is 12.8 Å². The molecule has 532 valence electrons. The van der Waals surface area contributed by atoms with E-state index in [-0.39, 0.29) is 25.2 Å². The molecule has 0 bridgehead atoms. The van der Waals surface area contributed by atoms with Crippen molar-refractivity contribution in [3.63, 3.8) is 0 Å². The lowest BCUT2D eigenvalue weighted by Crippen LogP contribution is -2.28. The fraction of sp³-hybridized carbons (Fsp3) is 0.837. The Morgan fingerprint density at radius 1 is 0.264 bits per heavy atom. The molecule has 0 spiro atoms. The van der Waals surface area contributed by atoms with Crippen molar-refractivity contribution in [3.05, 3.63) is 72.9 Å². The highest BCUT2D eigenvalue weighted by Crippen LogP contribution is 2.20. The Bertz CT molecular complexity index is 1590. The summed E-state index contributed by atoms with van der Waals surface area (Å²) in [7, 11) is 0. The van der Waals surface area contributed by atoms with E-state index in [9.17, 15) is 14.7 Å². The zero-order valence-electron chi connectivity index (χ0n) is 61.4. The SMILES string of the molecule is CC/C=C\C/C=C\C/C=C\C/C=C\C/C=C\C/C=C\CCCCCCCCCCCCCCCCCCCCCCC(=O)OC(CO)COC(=O)CCCCCCCCCCCCCCCCCCCCCCCCCCCCCCCCCCCCCCCC. The van der Waals surface area contributed by atoms with Gasteiger partial charge < -0.3 is 14.6 Å². The number of carbonyl (C=O) groups excluding carboxylic acids is 2. The second-order valence-corrected chi connectivity index (χ2v) is 27.8. The minimum absolute atomic E-state index is 0.0602. The second-order valence-electron chi connectivity index (χ2n) is 27.8. The van der Waals surface area contributed by atoms with Gasteiger partial charge >= 0.3 is 11.9 Å². The van der Waals surface area contributed by atoms with E-state index in [1.165, 1.54) is 347 Å². The molecule has 5 nitrogen and oxygen atoms in total. The van der Waals surface area contributed by atoms with Crippen molar-refractivity contribution in [1.29, 1.82) is 0 Å². The minimum atomic E-state index is -0.772. The minimum Gasteiger partial charge on any atom is -0.462 e. The zero-order valence-corrected chi connectivity index (χ0v) is 61.4. The molecule has 0 radical (unpaired) electrons. The quantitative estimate of drug-likeness (QED) is 0.0373. The molecule has 0 aliphatic rings. The average Bonchev–Trinajstić information content (AvgIpc) is 3.67. The third kappa shape index (κ3) is 79.7. The lowest BCUT2D eigenvalue weighted by molar-refractivity contribution is -0.161. The van der Waals surface area contributed by atoms with Crippen LogP contribution in [0, 0.1) is 0 Å². The Kier molecular flexibility index (Phi) is 79.2. The predicted molar refractivity (Wildman–Crippen MR) is 403 cm³/mol. The molecule has 1 atom stereocenters. The second kappa shape index (κ2) is 81.6. The Morgan fingerprint density at radius 3 is 0.714 bits per heavy atom. The maximum Gasteiger partial charge on any atom is 0.306 e. The number of rotatable bonds is 77. The summed E-state index contributed by atoms with van der Waals surface area (Å²) in [6.45, 7) is 4.09. The Balaban J connectivity index is 3.37. The molecule has 0 aromatic rings. The summed E-state index contributed by atoms with van der Waals surface area (Å²) in [4.78, 5) is 24.7. The van der Waals surface area contributed by atoms with E-state index in [4.69, 9.17) is 9.47 Å². The summed E-state index contributed by atoms with van der Waals surface area (Å²) in [5.74, 6) is -0.565. The zero-order chi connectivity index (χ0) is 65.4. The number of unbranched alkanes of at least 4 members (excludes halogenated alkanes) is 57. The van der Waals surface area contributed by atoms with Crippen LogP contribution >= 0.6 is 0 Å². The number of hydrogen-bond acceptors (Lipinski definition) is 5. The van der Waals surface area contributed by atoms with E-state index in [0.717, 1.165) is 70.6 Å². The molecule has 0 aliphatic heterocycles. The molecule has 0 aliphatic carbocycles. The summed E-state index contributed by atoms with van der Waals surface area (Å²) in [5.41, 5.74) is 0. The van der Waals surface area contributed by atoms with Gasteiger partial charge in [0.1, 0.15) is 6.61 Å². The summed E-state index contributed by atoms with van der Waals surface area (Å²) in [5, 5.41) is 9.73. The standard InChI is InChI=1S/C86H158O5/c1-3-5-7-9-11-13-15-17-19-21-23-25-27-29-31-33-35-37-39-41-43-45-47-49-51-53-55-57-59-61-63-65-67-69-71-73-75-77-79-81-86(89)91-84(82-87)83-90-85(88)80-78-76-74-72-70-68-66-64-62-60-58-56-54-52-50-48-46-44-42-40-38-36-34-32-30-28-26-24-22-20-18-16-14-12-10-8-6-4-2/h5,7,11,13,17,19,23,25,29,31,35,37,84,87H,3-4,6,8-10,12,14-16,18,20-22,24,26-28,30,32-34,36,38-83H2,1-2H3/b7-5-,13-11-,19-17-,25-23-,31-29-,37-35-. The van der Waals surface area contributed by atoms with Gasteiger partial charge in [-0.3, -0.25) is 9.59 Å². The molecule has 0 amide bonds. The van der Waals surface area contributed by atoms with E-state index in [0.29, 0.717) is 12.8 Å². The van der Waals surface area contributed by atoms with E-state index < -0.39 is 6.10 Å². The number of carbonyl (C=O) groups is 2. The monoisotopic (exact) mass is 1270 g/mol. The number of allylic oxidation sites excluding steroid dienone is 12. The predicted octanol–water partition coefficient (Wildman–Crippen LogP) is 28.9. The van der Waals surface area contributed by atoms with Crippen molar-refractivity contribution in [1.82, 2.24) is 0 Å². The van der Waals surface area contributed by atoms with Gasteiger partial charge in [0.25, 0.3) is 0 Å². The molecular weight excluding hydrogens is 1110 g/mol. The first kappa shape index (κ1) is 88.3. The number of hydrogen-bond donors (Lipinski definition) is 1. The van der Waals surface area contributed by atoms with Crippen molar-refractivity contribution >= 4 is 11.9 Å². The van der Waals surface area contributed by atoms with Gasteiger partial charge in [-0.25, -0.2) is 0 Å². The molecule has 0 saturated heterocycles. The summed E-state index contributed by atoms with van der Waals surface area (Å²) in [6.07, 6.45) is 114. The molecule has 0 aromatic carbocycles. The molecule has 0 rings (SSSR count). The fourth-order valence-corrected chi connectivity index (χ4v) is 12.7. The summed E-state index contributed by atoms with van der Waals surface area (Å²) < 4.78 is 10.8. The first-order chi connectivity index (χ1) is 45.1. The maximum absolute atomic E-state index is 12.4. The molecule has 0 saturated carbocycles. The normalized spacial score (nSPS) is 12.5. The highest BCUT2D eigenvalue weighted by molar-refractivity contribution is 5.70. The first-order valence-electron chi connectivity index (χ1n) is 41.0. The third-order valence-electron chi connectivity index (χ3n) is 18.8.